The number of carbonyl (C=O) groups excluding carboxylic acids is 2. The number of Topliss-reactive ketones (excluding diaryl/α,β-unsaturated/α-hetero) is 1. The van der Waals surface area contributed by atoms with Crippen LogP contribution < -0.4 is 10.6 Å². The Balaban J connectivity index is 1.39. The summed E-state index contributed by atoms with van der Waals surface area (Å²) in [6.45, 7) is 0.680. The molecule has 4 rings (SSSR count). The van der Waals surface area contributed by atoms with E-state index in [1.54, 1.807) is 24.3 Å². The molecule has 1 atom stereocenters. The summed E-state index contributed by atoms with van der Waals surface area (Å²) in [7, 11) is 0. The first-order valence-electron chi connectivity index (χ1n) is 11.0. The minimum Gasteiger partial charge on any atom is -0.380 e. The fourth-order valence-electron chi connectivity index (χ4n) is 3.95. The number of nitrogens with zero attached hydrogens (tertiary/aromatic N) is 2. The van der Waals surface area contributed by atoms with Crippen LogP contribution >= 0.6 is 11.6 Å². The molecule has 0 radical (unpaired) electrons. The van der Waals surface area contributed by atoms with Gasteiger partial charge in [-0.3, -0.25) is 9.59 Å². The van der Waals surface area contributed by atoms with Crippen molar-refractivity contribution in [2.24, 2.45) is 5.41 Å². The number of nitrogens with one attached hydrogen (secondary N) is 2. The molecule has 7 nitrogen and oxygen atoms in total. The Bertz CT molecular complexity index is 1230. The zero-order valence-corrected chi connectivity index (χ0v) is 19.7. The van der Waals surface area contributed by atoms with E-state index < -0.39 is 17.2 Å². The Morgan fingerprint density at radius 1 is 1.08 bits per heavy atom. The third-order valence-electron chi connectivity index (χ3n) is 5.94. The molecule has 3 aromatic rings. The topological polar surface area (TPSA) is 93.2 Å². The van der Waals surface area contributed by atoms with Crippen molar-refractivity contribution >= 4 is 34.7 Å². The lowest BCUT2D eigenvalue weighted by Gasteiger charge is -2.25. The van der Waals surface area contributed by atoms with Gasteiger partial charge in [-0.05, 0) is 42.3 Å². The highest BCUT2D eigenvalue weighted by atomic mass is 35.5. The number of ether oxygens (including phenoxy) is 1. The van der Waals surface area contributed by atoms with E-state index in [9.17, 15) is 22.8 Å². The minimum absolute atomic E-state index is 0.0109. The molecule has 0 bridgehead atoms. The highest BCUT2D eigenvalue weighted by molar-refractivity contribution is 6.30. The van der Waals surface area contributed by atoms with Crippen LogP contribution in [0.5, 0.6) is 0 Å². The van der Waals surface area contributed by atoms with Crippen molar-refractivity contribution in [1.82, 2.24) is 15.3 Å². The van der Waals surface area contributed by atoms with E-state index in [1.807, 2.05) is 0 Å². The Hall–Kier alpha value is -3.50. The smallest absolute Gasteiger partial charge is 0.380 e. The van der Waals surface area contributed by atoms with Crippen molar-refractivity contribution in [3.8, 4) is 0 Å². The number of halogens is 4. The van der Waals surface area contributed by atoms with Crippen LogP contribution in [0.3, 0.4) is 0 Å². The van der Waals surface area contributed by atoms with Gasteiger partial charge < -0.3 is 15.4 Å². The van der Waals surface area contributed by atoms with Crippen LogP contribution in [0, 0.1) is 5.41 Å². The van der Waals surface area contributed by atoms with Gasteiger partial charge >= 0.3 is 6.18 Å². The predicted molar refractivity (Wildman–Crippen MR) is 127 cm³/mol. The quantitative estimate of drug-likeness (QED) is 0.399. The van der Waals surface area contributed by atoms with Crippen molar-refractivity contribution in [3.63, 3.8) is 0 Å². The Kier molecular flexibility index (Phi) is 7.56. The number of amides is 1. The number of hydrogen-bond acceptors (Lipinski definition) is 6. The molecule has 2 aromatic carbocycles. The van der Waals surface area contributed by atoms with E-state index in [-0.39, 0.29) is 42.0 Å². The summed E-state index contributed by atoms with van der Waals surface area (Å²) < 4.78 is 45.4. The van der Waals surface area contributed by atoms with Gasteiger partial charge in [0.15, 0.2) is 5.78 Å². The fourth-order valence-corrected chi connectivity index (χ4v) is 4.12. The van der Waals surface area contributed by atoms with Crippen molar-refractivity contribution < 1.29 is 27.5 Å². The summed E-state index contributed by atoms with van der Waals surface area (Å²) in [4.78, 5) is 33.4. The van der Waals surface area contributed by atoms with E-state index in [1.165, 1.54) is 30.9 Å². The van der Waals surface area contributed by atoms with Crippen molar-refractivity contribution in [1.29, 1.82) is 0 Å². The summed E-state index contributed by atoms with van der Waals surface area (Å²) in [5.41, 5.74) is -0.477. The molecule has 188 valence electrons. The third kappa shape index (κ3) is 6.00. The maximum absolute atomic E-state index is 13.3. The predicted octanol–water partition coefficient (Wildman–Crippen LogP) is 5.19. The van der Waals surface area contributed by atoms with Crippen LogP contribution in [0.25, 0.3) is 0 Å². The molecule has 11 heteroatoms. The molecule has 0 saturated carbocycles. The maximum atomic E-state index is 13.3. The summed E-state index contributed by atoms with van der Waals surface area (Å²) in [6, 6.07) is 10.1. The molecule has 36 heavy (non-hydrogen) atoms. The molecule has 2 N–H and O–H groups in total. The molecule has 0 unspecified atom stereocenters. The number of hydrogen-bond donors (Lipinski definition) is 2. The summed E-state index contributed by atoms with van der Waals surface area (Å²) in [5.74, 6) is -0.546. The highest BCUT2D eigenvalue weighted by Gasteiger charge is 2.44. The fraction of sp³-hybridized carbons (Fsp3) is 0.280. The lowest BCUT2D eigenvalue weighted by molar-refractivity contribution is -0.137. The molecular formula is C25H22ClF3N4O3. The lowest BCUT2D eigenvalue weighted by atomic mass is 9.80. The van der Waals surface area contributed by atoms with Gasteiger partial charge in [0.05, 0.1) is 28.8 Å². The van der Waals surface area contributed by atoms with Gasteiger partial charge in [-0.25, -0.2) is 9.97 Å². The first kappa shape index (κ1) is 25.6. The zero-order valence-electron chi connectivity index (χ0n) is 18.9. The number of carbonyl (C=O) groups is 2. The summed E-state index contributed by atoms with van der Waals surface area (Å²) >= 11 is 5.73. The first-order valence-corrected chi connectivity index (χ1v) is 11.4. The average Bonchev–Trinajstić information content (AvgIpc) is 3.34. The van der Waals surface area contributed by atoms with Gasteiger partial charge in [0, 0.05) is 42.7 Å². The second-order valence-corrected chi connectivity index (χ2v) is 8.94. The van der Waals surface area contributed by atoms with E-state index in [4.69, 9.17) is 16.3 Å². The monoisotopic (exact) mass is 518 g/mol. The van der Waals surface area contributed by atoms with Crippen LogP contribution in [-0.4, -0.2) is 34.9 Å². The molecule has 1 amide bonds. The Morgan fingerprint density at radius 2 is 1.81 bits per heavy atom. The largest absolute Gasteiger partial charge is 0.418 e. The van der Waals surface area contributed by atoms with E-state index in [2.05, 4.69) is 20.6 Å². The van der Waals surface area contributed by atoms with Crippen molar-refractivity contribution in [3.05, 3.63) is 82.9 Å². The maximum Gasteiger partial charge on any atom is 0.418 e. The zero-order chi connectivity index (χ0) is 25.8. The van der Waals surface area contributed by atoms with Crippen LogP contribution in [-0.2, 0) is 22.3 Å². The molecule has 2 heterocycles. The molecule has 1 aromatic heterocycles. The third-order valence-corrected chi connectivity index (χ3v) is 6.17. The van der Waals surface area contributed by atoms with Crippen LogP contribution in [0.1, 0.15) is 34.3 Å². The number of ketones is 1. The highest BCUT2D eigenvalue weighted by Crippen LogP contribution is 2.38. The van der Waals surface area contributed by atoms with Gasteiger partial charge in [0.25, 0.3) is 0 Å². The molecule has 1 aliphatic heterocycles. The van der Waals surface area contributed by atoms with Crippen LogP contribution in [0.15, 0.2) is 61.2 Å². The normalized spacial score (nSPS) is 17.6. The number of anilines is 2. The lowest BCUT2D eigenvalue weighted by Crippen LogP contribution is -2.42. The number of aromatic nitrogens is 2. The molecule has 0 aliphatic carbocycles. The first-order chi connectivity index (χ1) is 17.2. The van der Waals surface area contributed by atoms with E-state index >= 15 is 0 Å². The number of benzene rings is 2. The standard InChI is InChI=1S/C25H22ClF3N4O3/c26-18-3-6-21(20(9-18)25(27,28)29)33-19-4-1-16(2-5-19)11-32-23(35)24(7-8-36-14-24)10-22(34)17-12-30-15-31-13-17/h1-6,9,12-13,15,33H,7-8,10-11,14H2,(H,32,35)/t24-/m0/s1. The Labute approximate surface area is 210 Å². The minimum atomic E-state index is -4.56. The SMILES string of the molecule is O=C(C[C@@]1(C(=O)NCc2ccc(Nc3ccc(Cl)cc3C(F)(F)F)cc2)CCOC1)c1cncnc1. The molecule has 1 saturated heterocycles. The van der Waals surface area contributed by atoms with Gasteiger partial charge in [-0.2, -0.15) is 13.2 Å². The molecule has 1 fully saturated rings. The van der Waals surface area contributed by atoms with E-state index in [0.29, 0.717) is 24.3 Å². The van der Waals surface area contributed by atoms with Gasteiger partial charge in [-0.1, -0.05) is 23.7 Å². The van der Waals surface area contributed by atoms with E-state index in [0.717, 1.165) is 11.6 Å². The van der Waals surface area contributed by atoms with Crippen LogP contribution in [0.2, 0.25) is 5.02 Å². The van der Waals surface area contributed by atoms with Gasteiger partial charge in [0.1, 0.15) is 6.33 Å². The molecule has 1 aliphatic rings. The summed E-state index contributed by atoms with van der Waals surface area (Å²) in [6.07, 6.45) is -0.0424. The molecule has 0 spiro atoms. The van der Waals surface area contributed by atoms with Gasteiger partial charge in [-0.15, -0.1) is 0 Å². The second kappa shape index (κ2) is 10.6. The average molecular weight is 519 g/mol. The number of rotatable bonds is 8. The second-order valence-electron chi connectivity index (χ2n) is 8.50. The van der Waals surface area contributed by atoms with Crippen molar-refractivity contribution in [2.45, 2.75) is 25.6 Å². The van der Waals surface area contributed by atoms with Crippen LogP contribution in [0.4, 0.5) is 24.5 Å². The Morgan fingerprint density at radius 3 is 2.44 bits per heavy atom. The molecular weight excluding hydrogens is 497 g/mol. The summed E-state index contributed by atoms with van der Waals surface area (Å²) in [5, 5.41) is 5.60. The number of alkyl halides is 3. The van der Waals surface area contributed by atoms with Gasteiger partial charge in [0.2, 0.25) is 5.91 Å². The van der Waals surface area contributed by atoms with Crippen molar-refractivity contribution in [2.75, 3.05) is 18.5 Å².